The van der Waals surface area contributed by atoms with Crippen molar-refractivity contribution in [2.45, 2.75) is 17.7 Å². The molecular formula is C22H22IN2S+. The van der Waals surface area contributed by atoms with Gasteiger partial charge in [0.2, 0.25) is 5.52 Å². The number of hydrogen-bond acceptors (Lipinski definition) is 2. The van der Waals surface area contributed by atoms with Crippen molar-refractivity contribution in [2.24, 2.45) is 7.05 Å². The molecule has 4 rings (SSSR count). The molecule has 0 N–H and O–H groups in total. The number of benzene rings is 2. The maximum absolute atomic E-state index is 2.49. The Balaban J connectivity index is 1.75. The fraction of sp³-hybridized carbons (Fsp3) is 0.227. The third-order valence-corrected chi connectivity index (χ3v) is 6.63. The number of halogens is 1. The van der Waals surface area contributed by atoms with Crippen LogP contribution in [0.2, 0.25) is 0 Å². The van der Waals surface area contributed by atoms with Crippen LogP contribution in [0, 0.1) is 0 Å². The summed E-state index contributed by atoms with van der Waals surface area (Å²) < 4.78 is 3.41. The average Bonchev–Trinajstić information content (AvgIpc) is 3.02. The molecule has 1 aliphatic heterocycles. The molecule has 2 aromatic carbocycles. The quantitative estimate of drug-likeness (QED) is 0.201. The molecule has 2 heterocycles. The van der Waals surface area contributed by atoms with E-state index in [1.54, 1.807) is 0 Å². The van der Waals surface area contributed by atoms with Crippen LogP contribution >= 0.6 is 34.4 Å². The molecule has 0 atom stereocenters. The number of fused-ring (bicyclic) bond motifs is 2. The van der Waals surface area contributed by atoms with E-state index in [4.69, 9.17) is 0 Å². The smallest absolute Gasteiger partial charge is 0.212 e. The second-order valence-electron chi connectivity index (χ2n) is 6.50. The standard InChI is InChI=1S/C22H22IN2S/c1-24-15-12-17(18-8-2-3-9-19(18)24)16-22-25(14-7-6-13-23)20-10-4-5-11-21(20)26-22/h2-5,8-12,15-16H,6-7,13-14H2,1H3/q+1. The Hall–Kier alpha value is -1.53. The van der Waals surface area contributed by atoms with E-state index in [-0.39, 0.29) is 0 Å². The van der Waals surface area contributed by atoms with Crippen LogP contribution in [0.5, 0.6) is 0 Å². The SMILES string of the molecule is C[n+]1ccc(/C=C2\Sc3ccccc3N2CCCCI)c2ccccc21. The van der Waals surface area contributed by atoms with E-state index in [0.717, 1.165) is 6.54 Å². The van der Waals surface area contributed by atoms with E-state index in [1.165, 1.54) is 49.3 Å². The highest BCUT2D eigenvalue weighted by Crippen LogP contribution is 2.46. The highest BCUT2D eigenvalue weighted by molar-refractivity contribution is 14.1. The van der Waals surface area contributed by atoms with Crippen molar-refractivity contribution in [1.82, 2.24) is 0 Å². The first kappa shape index (κ1) is 17.9. The minimum atomic E-state index is 1.08. The molecule has 3 aromatic rings. The fourth-order valence-electron chi connectivity index (χ4n) is 3.40. The summed E-state index contributed by atoms with van der Waals surface area (Å²) in [6, 6.07) is 19.6. The zero-order chi connectivity index (χ0) is 17.9. The number of nitrogens with zero attached hydrogens (tertiary/aromatic N) is 2. The topological polar surface area (TPSA) is 7.12 Å². The highest BCUT2D eigenvalue weighted by atomic mass is 127. The number of aromatic nitrogens is 1. The molecule has 0 amide bonds. The summed E-state index contributed by atoms with van der Waals surface area (Å²) in [6.45, 7) is 1.08. The van der Waals surface area contributed by atoms with Crippen LogP contribution in [0.1, 0.15) is 18.4 Å². The molecule has 26 heavy (non-hydrogen) atoms. The maximum atomic E-state index is 2.49. The molecule has 0 unspecified atom stereocenters. The summed E-state index contributed by atoms with van der Waals surface area (Å²) in [7, 11) is 2.11. The van der Waals surface area contributed by atoms with Crippen LogP contribution in [0.4, 0.5) is 5.69 Å². The van der Waals surface area contributed by atoms with Crippen LogP contribution in [0.15, 0.2) is 70.7 Å². The van der Waals surface area contributed by atoms with E-state index in [0.29, 0.717) is 0 Å². The number of anilines is 1. The maximum Gasteiger partial charge on any atom is 0.212 e. The van der Waals surface area contributed by atoms with Gasteiger partial charge in [-0.15, -0.1) is 0 Å². The minimum absolute atomic E-state index is 1.08. The highest BCUT2D eigenvalue weighted by Gasteiger charge is 2.24. The third-order valence-electron chi connectivity index (χ3n) is 4.75. The lowest BCUT2D eigenvalue weighted by Gasteiger charge is -2.20. The van der Waals surface area contributed by atoms with E-state index < -0.39 is 0 Å². The van der Waals surface area contributed by atoms with E-state index >= 15 is 0 Å². The molecule has 1 aromatic heterocycles. The summed E-state index contributed by atoms with van der Waals surface area (Å²) in [4.78, 5) is 3.85. The summed E-state index contributed by atoms with van der Waals surface area (Å²) in [5.41, 5.74) is 3.90. The molecule has 0 saturated heterocycles. The third kappa shape index (κ3) is 3.49. The van der Waals surface area contributed by atoms with E-state index in [9.17, 15) is 0 Å². The average molecular weight is 473 g/mol. The van der Waals surface area contributed by atoms with Crippen molar-refractivity contribution in [3.05, 3.63) is 71.4 Å². The number of thioether (sulfide) groups is 1. The molecule has 0 bridgehead atoms. The number of hydrogen-bond donors (Lipinski definition) is 0. The van der Waals surface area contributed by atoms with Crippen molar-refractivity contribution in [3.63, 3.8) is 0 Å². The van der Waals surface area contributed by atoms with Gasteiger partial charge in [0.1, 0.15) is 7.05 Å². The summed E-state index contributed by atoms with van der Waals surface area (Å²) in [5.74, 6) is 0. The Morgan fingerprint density at radius 2 is 1.85 bits per heavy atom. The number of aryl methyl sites for hydroxylation is 1. The first-order valence-corrected chi connectivity index (χ1v) is 11.3. The Labute approximate surface area is 173 Å². The van der Waals surface area contributed by atoms with Gasteiger partial charge >= 0.3 is 0 Å². The molecule has 0 saturated carbocycles. The minimum Gasteiger partial charge on any atom is -0.335 e. The molecule has 2 nitrogen and oxygen atoms in total. The number of unbranched alkanes of at least 4 members (excludes halogenated alkanes) is 1. The predicted octanol–water partition coefficient (Wildman–Crippen LogP) is 5.79. The van der Waals surface area contributed by atoms with Crippen LogP contribution in [0.3, 0.4) is 0 Å². The summed E-state index contributed by atoms with van der Waals surface area (Å²) >= 11 is 4.36. The predicted molar refractivity (Wildman–Crippen MR) is 121 cm³/mol. The molecular weight excluding hydrogens is 451 g/mol. The molecule has 4 heteroatoms. The van der Waals surface area contributed by atoms with E-state index in [2.05, 4.69) is 106 Å². The zero-order valence-electron chi connectivity index (χ0n) is 14.9. The van der Waals surface area contributed by atoms with Crippen LogP contribution in [-0.4, -0.2) is 11.0 Å². The van der Waals surface area contributed by atoms with Crippen molar-refractivity contribution in [1.29, 1.82) is 0 Å². The molecule has 0 radical (unpaired) electrons. The lowest BCUT2D eigenvalue weighted by Crippen LogP contribution is -2.28. The number of rotatable bonds is 5. The molecule has 0 aliphatic carbocycles. The second-order valence-corrected chi connectivity index (χ2v) is 8.64. The summed E-state index contributed by atoms with van der Waals surface area (Å²) in [6.07, 6.45) is 7.00. The van der Waals surface area contributed by atoms with Gasteiger partial charge in [-0.3, -0.25) is 0 Å². The molecule has 0 spiro atoms. The van der Waals surface area contributed by atoms with Crippen LogP contribution < -0.4 is 9.47 Å². The molecule has 0 fully saturated rings. The number of alkyl halides is 1. The second kappa shape index (κ2) is 8.01. The first-order chi connectivity index (χ1) is 12.8. The first-order valence-electron chi connectivity index (χ1n) is 8.97. The van der Waals surface area contributed by atoms with Gasteiger partial charge in [0.15, 0.2) is 6.20 Å². The normalized spacial score (nSPS) is 15.0. The Bertz CT molecular complexity index is 967. The van der Waals surface area contributed by atoms with Gasteiger partial charge in [-0.2, -0.15) is 0 Å². The number of para-hydroxylation sites is 2. The van der Waals surface area contributed by atoms with Gasteiger partial charge < -0.3 is 4.90 Å². The van der Waals surface area contributed by atoms with E-state index in [1.807, 2.05) is 11.8 Å². The van der Waals surface area contributed by atoms with Gasteiger partial charge in [-0.05, 0) is 47.1 Å². The largest absolute Gasteiger partial charge is 0.335 e. The molecule has 1 aliphatic rings. The number of pyridine rings is 1. The van der Waals surface area contributed by atoms with Crippen molar-refractivity contribution in [3.8, 4) is 0 Å². The Kier molecular flexibility index (Phi) is 5.50. The monoisotopic (exact) mass is 473 g/mol. The summed E-state index contributed by atoms with van der Waals surface area (Å²) in [5, 5.41) is 2.63. The lowest BCUT2D eigenvalue weighted by molar-refractivity contribution is -0.644. The van der Waals surface area contributed by atoms with Crippen LogP contribution in [-0.2, 0) is 7.05 Å². The Morgan fingerprint density at radius 1 is 1.04 bits per heavy atom. The van der Waals surface area contributed by atoms with Gasteiger partial charge in [-0.25, -0.2) is 4.57 Å². The van der Waals surface area contributed by atoms with Crippen molar-refractivity contribution >= 4 is 57.0 Å². The fourth-order valence-corrected chi connectivity index (χ4v) is 5.08. The van der Waals surface area contributed by atoms with Gasteiger partial charge in [0, 0.05) is 23.6 Å². The Morgan fingerprint density at radius 3 is 2.73 bits per heavy atom. The molecule has 132 valence electrons. The van der Waals surface area contributed by atoms with Crippen molar-refractivity contribution < 1.29 is 4.57 Å². The van der Waals surface area contributed by atoms with Gasteiger partial charge in [-0.1, -0.05) is 58.6 Å². The van der Waals surface area contributed by atoms with Crippen LogP contribution in [0.25, 0.3) is 17.0 Å². The lowest BCUT2D eigenvalue weighted by atomic mass is 10.1. The zero-order valence-corrected chi connectivity index (χ0v) is 17.8. The van der Waals surface area contributed by atoms with Crippen molar-refractivity contribution in [2.75, 3.05) is 15.9 Å². The van der Waals surface area contributed by atoms with Gasteiger partial charge in [0.05, 0.1) is 16.1 Å². The van der Waals surface area contributed by atoms with Gasteiger partial charge in [0.25, 0.3) is 0 Å².